The van der Waals surface area contributed by atoms with Crippen molar-refractivity contribution in [2.75, 3.05) is 62.0 Å². The molecule has 1 amide bonds. The first-order valence-electron chi connectivity index (χ1n) is 12.9. The Morgan fingerprint density at radius 1 is 1.21 bits per heavy atom. The zero-order valence-electron chi connectivity index (χ0n) is 21.8. The highest BCUT2D eigenvalue weighted by molar-refractivity contribution is 5.81. The van der Waals surface area contributed by atoms with E-state index in [0.29, 0.717) is 55.9 Å². The Labute approximate surface area is 225 Å². The van der Waals surface area contributed by atoms with Crippen molar-refractivity contribution in [3.05, 3.63) is 49.1 Å². The summed E-state index contributed by atoms with van der Waals surface area (Å²) in [6.45, 7) is 5.20. The number of aromatic nitrogens is 4. The Morgan fingerprint density at radius 3 is 2.85 bits per heavy atom. The Morgan fingerprint density at radius 2 is 2.05 bits per heavy atom. The predicted octanol–water partition coefficient (Wildman–Crippen LogP) is 2.38. The number of nitrogens with one attached hydrogen (secondary N) is 2. The average Bonchev–Trinajstić information content (AvgIpc) is 3.46. The second kappa shape index (κ2) is 10.3. The SMILES string of the molecule is COc1cc(Nc2nc(-c3cnc4c(c3)NCCO4)cn3ccnc23)ccc1N1CCN(C(=O)C(C)O)CC1. The Hall–Kier alpha value is -4.58. The zero-order chi connectivity index (χ0) is 26.9. The lowest BCUT2D eigenvalue weighted by molar-refractivity contribution is -0.139. The number of anilines is 4. The highest BCUT2D eigenvalue weighted by Crippen LogP contribution is 2.34. The first-order valence-corrected chi connectivity index (χ1v) is 12.9. The molecule has 1 unspecified atom stereocenters. The van der Waals surface area contributed by atoms with Crippen LogP contribution in [0.2, 0.25) is 0 Å². The third-order valence-corrected chi connectivity index (χ3v) is 6.91. The standard InChI is InChI=1S/C27H30N8O4/c1-17(36)27(37)34-10-8-33(9-11-34)22-4-3-19(14-23(22)38-2)31-24-25-29-5-7-35(25)16-21(32-24)18-13-20-26(30-15-18)39-12-6-28-20/h3-5,7,13-17,28,36H,6,8-12H2,1-2H3,(H,31,32). The van der Waals surface area contributed by atoms with E-state index in [4.69, 9.17) is 14.5 Å². The van der Waals surface area contributed by atoms with Crippen molar-refractivity contribution < 1.29 is 19.4 Å². The molecule has 202 valence electrons. The van der Waals surface area contributed by atoms with Gasteiger partial charge in [0, 0.05) is 74.8 Å². The van der Waals surface area contributed by atoms with Crippen molar-refractivity contribution in [1.82, 2.24) is 24.3 Å². The normalized spacial score (nSPS) is 15.8. The molecule has 1 fully saturated rings. The molecule has 5 heterocycles. The molecule has 1 saturated heterocycles. The van der Waals surface area contributed by atoms with E-state index in [0.717, 1.165) is 34.9 Å². The molecule has 3 aromatic heterocycles. The molecule has 0 saturated carbocycles. The molecule has 2 aliphatic rings. The van der Waals surface area contributed by atoms with Crippen LogP contribution in [-0.2, 0) is 4.79 Å². The van der Waals surface area contributed by atoms with Gasteiger partial charge in [0.2, 0.25) is 5.88 Å². The molecule has 12 nitrogen and oxygen atoms in total. The Kier molecular flexibility index (Phi) is 6.53. The fourth-order valence-electron chi connectivity index (χ4n) is 4.91. The number of rotatable bonds is 6. The summed E-state index contributed by atoms with van der Waals surface area (Å²) >= 11 is 0. The summed E-state index contributed by atoms with van der Waals surface area (Å²) in [6, 6.07) is 7.89. The summed E-state index contributed by atoms with van der Waals surface area (Å²) < 4.78 is 13.3. The van der Waals surface area contributed by atoms with Gasteiger partial charge in [-0.25, -0.2) is 15.0 Å². The minimum Gasteiger partial charge on any atom is -0.495 e. The third kappa shape index (κ3) is 4.86. The summed E-state index contributed by atoms with van der Waals surface area (Å²) in [5.41, 5.74) is 4.86. The van der Waals surface area contributed by atoms with Crippen LogP contribution in [0, 0.1) is 0 Å². The molecule has 1 atom stereocenters. The molecule has 6 rings (SSSR count). The molecule has 3 N–H and O–H groups in total. The molecule has 0 spiro atoms. The number of aliphatic hydroxyl groups is 1. The van der Waals surface area contributed by atoms with E-state index in [1.165, 1.54) is 6.92 Å². The van der Waals surface area contributed by atoms with Crippen LogP contribution in [0.4, 0.5) is 22.9 Å². The van der Waals surface area contributed by atoms with Crippen LogP contribution < -0.4 is 25.0 Å². The molecular formula is C27H30N8O4. The van der Waals surface area contributed by atoms with Crippen LogP contribution in [0.1, 0.15) is 6.92 Å². The van der Waals surface area contributed by atoms with Crippen LogP contribution >= 0.6 is 0 Å². The van der Waals surface area contributed by atoms with E-state index in [-0.39, 0.29) is 5.91 Å². The van der Waals surface area contributed by atoms with E-state index in [1.54, 1.807) is 24.4 Å². The fourth-order valence-corrected chi connectivity index (χ4v) is 4.91. The van der Waals surface area contributed by atoms with Crippen LogP contribution in [0.3, 0.4) is 0 Å². The largest absolute Gasteiger partial charge is 0.495 e. The highest BCUT2D eigenvalue weighted by Gasteiger charge is 2.25. The van der Waals surface area contributed by atoms with Gasteiger partial charge in [0.1, 0.15) is 18.5 Å². The molecule has 2 aliphatic heterocycles. The Bertz CT molecular complexity index is 1510. The zero-order valence-corrected chi connectivity index (χ0v) is 21.8. The lowest BCUT2D eigenvalue weighted by Gasteiger charge is -2.37. The van der Waals surface area contributed by atoms with Gasteiger partial charge in [-0.05, 0) is 25.1 Å². The summed E-state index contributed by atoms with van der Waals surface area (Å²) in [7, 11) is 1.64. The second-order valence-corrected chi connectivity index (χ2v) is 9.48. The van der Waals surface area contributed by atoms with E-state index in [1.807, 2.05) is 41.1 Å². The molecule has 1 aromatic carbocycles. The summed E-state index contributed by atoms with van der Waals surface area (Å²) in [5, 5.41) is 16.3. The maximum atomic E-state index is 12.1. The number of hydrogen-bond acceptors (Lipinski definition) is 10. The number of pyridine rings is 1. The van der Waals surface area contributed by atoms with Crippen molar-refractivity contribution in [3.63, 3.8) is 0 Å². The van der Waals surface area contributed by atoms with Crippen LogP contribution in [-0.4, -0.2) is 87.8 Å². The summed E-state index contributed by atoms with van der Waals surface area (Å²) in [5.74, 6) is 1.66. The molecular weight excluding hydrogens is 500 g/mol. The van der Waals surface area contributed by atoms with Crippen molar-refractivity contribution in [2.24, 2.45) is 0 Å². The summed E-state index contributed by atoms with van der Waals surface area (Å²) in [6.07, 6.45) is 6.31. The number of carbonyl (C=O) groups is 1. The Balaban J connectivity index is 1.25. The van der Waals surface area contributed by atoms with E-state index >= 15 is 0 Å². The topological polar surface area (TPSA) is 129 Å². The van der Waals surface area contributed by atoms with Crippen molar-refractivity contribution in [3.8, 4) is 22.9 Å². The van der Waals surface area contributed by atoms with Gasteiger partial charge >= 0.3 is 0 Å². The lowest BCUT2D eigenvalue weighted by Crippen LogP contribution is -2.51. The van der Waals surface area contributed by atoms with Gasteiger partial charge in [-0.15, -0.1) is 0 Å². The van der Waals surface area contributed by atoms with Gasteiger partial charge in [0.05, 0.1) is 24.2 Å². The maximum absolute atomic E-state index is 12.1. The smallest absolute Gasteiger partial charge is 0.251 e. The predicted molar refractivity (Wildman–Crippen MR) is 147 cm³/mol. The van der Waals surface area contributed by atoms with Crippen LogP contribution in [0.5, 0.6) is 11.6 Å². The van der Waals surface area contributed by atoms with E-state index < -0.39 is 6.10 Å². The van der Waals surface area contributed by atoms with Gasteiger partial charge in [0.15, 0.2) is 11.5 Å². The van der Waals surface area contributed by atoms with Gasteiger partial charge in [-0.3, -0.25) is 4.79 Å². The monoisotopic (exact) mass is 530 g/mol. The fraction of sp³-hybridized carbons (Fsp3) is 0.333. The minimum absolute atomic E-state index is 0.239. The molecule has 4 aromatic rings. The van der Waals surface area contributed by atoms with E-state index in [2.05, 4.69) is 25.5 Å². The number of carbonyl (C=O) groups excluding carboxylic acids is 1. The number of amides is 1. The quantitative estimate of drug-likeness (QED) is 0.342. The van der Waals surface area contributed by atoms with Crippen molar-refractivity contribution in [1.29, 1.82) is 0 Å². The number of nitrogens with zero attached hydrogens (tertiary/aromatic N) is 6. The number of ether oxygens (including phenoxy) is 2. The number of methoxy groups -OCH3 is 1. The van der Waals surface area contributed by atoms with Crippen LogP contribution in [0.25, 0.3) is 16.9 Å². The molecule has 0 radical (unpaired) electrons. The van der Waals surface area contributed by atoms with E-state index in [9.17, 15) is 9.90 Å². The second-order valence-electron chi connectivity index (χ2n) is 9.48. The van der Waals surface area contributed by atoms with Crippen LogP contribution in [0.15, 0.2) is 49.1 Å². The van der Waals surface area contributed by atoms with Gasteiger partial charge in [-0.2, -0.15) is 0 Å². The summed E-state index contributed by atoms with van der Waals surface area (Å²) in [4.78, 5) is 29.8. The van der Waals surface area contributed by atoms with Crippen molar-refractivity contribution >= 4 is 34.4 Å². The molecule has 0 aliphatic carbocycles. The lowest BCUT2D eigenvalue weighted by atomic mass is 10.2. The number of hydrogen-bond donors (Lipinski definition) is 3. The minimum atomic E-state index is -0.987. The number of benzene rings is 1. The van der Waals surface area contributed by atoms with Gasteiger partial charge < -0.3 is 39.4 Å². The number of imidazole rings is 1. The van der Waals surface area contributed by atoms with Gasteiger partial charge in [-0.1, -0.05) is 0 Å². The number of piperazine rings is 1. The average molecular weight is 531 g/mol. The highest BCUT2D eigenvalue weighted by atomic mass is 16.5. The molecule has 12 heteroatoms. The molecule has 0 bridgehead atoms. The number of aliphatic hydroxyl groups excluding tert-OH is 1. The number of fused-ring (bicyclic) bond motifs is 2. The first kappa shape index (κ1) is 24.7. The first-order chi connectivity index (χ1) is 19.0. The third-order valence-electron chi connectivity index (χ3n) is 6.91. The van der Waals surface area contributed by atoms with Gasteiger partial charge in [0.25, 0.3) is 5.91 Å². The molecule has 39 heavy (non-hydrogen) atoms. The van der Waals surface area contributed by atoms with Crippen molar-refractivity contribution in [2.45, 2.75) is 13.0 Å². The maximum Gasteiger partial charge on any atom is 0.251 e.